The van der Waals surface area contributed by atoms with Gasteiger partial charge >= 0.3 is 24.2 Å². The van der Waals surface area contributed by atoms with E-state index in [1.165, 1.54) is 18.2 Å². The van der Waals surface area contributed by atoms with Gasteiger partial charge in [0.25, 0.3) is 0 Å². The van der Waals surface area contributed by atoms with Gasteiger partial charge in [0.15, 0.2) is 11.5 Å². The Balaban J connectivity index is 3.51. The maximum atomic E-state index is 12.4. The van der Waals surface area contributed by atoms with Crippen LogP contribution in [0.2, 0.25) is 0 Å². The Hall–Kier alpha value is -3.34. The Morgan fingerprint density at radius 2 is 1.38 bits per heavy atom. The number of carboxylic acids is 1. The molecule has 0 aliphatic heterocycles. The number of esters is 1. The molecule has 11 nitrogen and oxygen atoms in total. The first-order chi connectivity index (χ1) is 16.8. The van der Waals surface area contributed by atoms with E-state index in [9.17, 15) is 24.3 Å². The normalized spacial score (nSPS) is 15.0. The third kappa shape index (κ3) is 10.7. The summed E-state index contributed by atoms with van der Waals surface area (Å²) in [5.41, 5.74) is 4.67. The van der Waals surface area contributed by atoms with Gasteiger partial charge in [0.1, 0.15) is 23.3 Å². The summed E-state index contributed by atoms with van der Waals surface area (Å²) < 4.78 is 26.4. The smallest absolute Gasteiger partial charge is 0.480 e. The van der Waals surface area contributed by atoms with Crippen LogP contribution in [0, 0.1) is 5.92 Å². The number of carboxylic acid groups (broad SMARTS) is 1. The Morgan fingerprint density at radius 3 is 1.81 bits per heavy atom. The van der Waals surface area contributed by atoms with Crippen LogP contribution in [0.5, 0.6) is 11.5 Å². The zero-order chi connectivity index (χ0) is 28.7. The molecule has 0 fully saturated rings. The summed E-state index contributed by atoms with van der Waals surface area (Å²) in [7, 11) is 0. The van der Waals surface area contributed by atoms with E-state index < -0.39 is 59.4 Å². The van der Waals surface area contributed by atoms with E-state index in [0.717, 1.165) is 0 Å². The number of rotatable bonds is 9. The lowest BCUT2D eigenvalue weighted by Crippen LogP contribution is -2.42. The van der Waals surface area contributed by atoms with Gasteiger partial charge in [0.05, 0.1) is 0 Å². The molecule has 0 saturated carbocycles. The summed E-state index contributed by atoms with van der Waals surface area (Å²) >= 11 is 0. The molecule has 11 heteroatoms. The molecule has 0 heterocycles. The Labute approximate surface area is 217 Å². The van der Waals surface area contributed by atoms with Gasteiger partial charge in [0, 0.05) is 18.3 Å². The monoisotopic (exact) mass is 525 g/mol. The first kappa shape index (κ1) is 31.7. The van der Waals surface area contributed by atoms with Crippen molar-refractivity contribution < 1.29 is 48.0 Å². The molecule has 3 N–H and O–H groups in total. The lowest BCUT2D eigenvalue weighted by molar-refractivity contribution is -0.151. The summed E-state index contributed by atoms with van der Waals surface area (Å²) in [6, 6.07) is 2.75. The Morgan fingerprint density at radius 1 is 0.892 bits per heavy atom. The number of ether oxygens (including phenoxy) is 5. The van der Waals surface area contributed by atoms with E-state index in [1.807, 2.05) is 0 Å². The fraction of sp³-hybridized carbons (Fsp3) is 0.615. The standard InChI is InChI=1S/C26H39NO10/c1-10-19(28)33-15(3)14(2)20(21(27)22(29)30)16-11-12-17(34-23(31)36-25(4,5)6)18(13-16)35-24(32)37-26(7,8)9/h11-15,20-21H,10,27H2,1-9H3,(H,29,30)/t14?,15?,20?,21-/m0/s1. The van der Waals surface area contributed by atoms with Gasteiger partial charge in [0.2, 0.25) is 0 Å². The second-order valence-electron chi connectivity index (χ2n) is 10.6. The zero-order valence-electron chi connectivity index (χ0n) is 22.9. The number of benzene rings is 1. The summed E-state index contributed by atoms with van der Waals surface area (Å²) in [4.78, 5) is 48.4. The molecule has 0 amide bonds. The predicted molar refractivity (Wildman–Crippen MR) is 134 cm³/mol. The number of nitrogens with two attached hydrogens (primary N) is 1. The topological polar surface area (TPSA) is 161 Å². The van der Waals surface area contributed by atoms with Gasteiger partial charge in [-0.15, -0.1) is 0 Å². The molecule has 0 aromatic heterocycles. The largest absolute Gasteiger partial charge is 0.514 e. The van der Waals surface area contributed by atoms with Crippen LogP contribution < -0.4 is 15.2 Å². The molecule has 1 rings (SSSR count). The van der Waals surface area contributed by atoms with Crippen molar-refractivity contribution in [1.82, 2.24) is 0 Å². The molecular weight excluding hydrogens is 486 g/mol. The summed E-state index contributed by atoms with van der Waals surface area (Å²) in [6.45, 7) is 14.9. The van der Waals surface area contributed by atoms with Crippen LogP contribution in [0.15, 0.2) is 18.2 Å². The SMILES string of the molecule is CCC(=O)OC(C)C(C)C(c1ccc(OC(=O)OC(C)(C)C)c(OC(=O)OC(C)(C)C)c1)[C@H](N)C(=O)O. The van der Waals surface area contributed by atoms with Crippen LogP contribution in [0.3, 0.4) is 0 Å². The van der Waals surface area contributed by atoms with Crippen molar-refractivity contribution in [3.63, 3.8) is 0 Å². The van der Waals surface area contributed by atoms with E-state index in [4.69, 9.17) is 29.4 Å². The van der Waals surface area contributed by atoms with Gasteiger partial charge in [-0.25, -0.2) is 9.59 Å². The highest BCUT2D eigenvalue weighted by molar-refractivity contribution is 5.75. The van der Waals surface area contributed by atoms with E-state index in [-0.39, 0.29) is 17.9 Å². The van der Waals surface area contributed by atoms with E-state index in [2.05, 4.69) is 0 Å². The Bertz CT molecular complexity index is 977. The molecule has 4 atom stereocenters. The van der Waals surface area contributed by atoms with Crippen molar-refractivity contribution in [2.24, 2.45) is 11.7 Å². The molecule has 0 aliphatic carbocycles. The van der Waals surface area contributed by atoms with Gasteiger partial charge < -0.3 is 34.5 Å². The van der Waals surface area contributed by atoms with Crippen molar-refractivity contribution in [2.45, 2.75) is 98.0 Å². The first-order valence-electron chi connectivity index (χ1n) is 12.0. The summed E-state index contributed by atoms with van der Waals surface area (Å²) in [5.74, 6) is -3.55. The van der Waals surface area contributed by atoms with Crippen molar-refractivity contribution in [3.05, 3.63) is 23.8 Å². The van der Waals surface area contributed by atoms with Gasteiger partial charge in [-0.1, -0.05) is 19.9 Å². The molecule has 1 aromatic rings. The first-order valence-corrected chi connectivity index (χ1v) is 12.0. The fourth-order valence-electron chi connectivity index (χ4n) is 3.30. The quantitative estimate of drug-likeness (QED) is 0.259. The van der Waals surface area contributed by atoms with Gasteiger partial charge in [-0.2, -0.15) is 0 Å². The number of carbonyl (C=O) groups is 4. The molecule has 0 saturated heterocycles. The number of aliphatic carboxylic acids is 1. The van der Waals surface area contributed by atoms with Crippen LogP contribution >= 0.6 is 0 Å². The average molecular weight is 526 g/mol. The average Bonchev–Trinajstić information content (AvgIpc) is 2.72. The highest BCUT2D eigenvalue weighted by Crippen LogP contribution is 2.37. The number of carbonyl (C=O) groups excluding carboxylic acids is 3. The van der Waals surface area contributed by atoms with E-state index in [1.54, 1.807) is 62.3 Å². The van der Waals surface area contributed by atoms with Crippen LogP contribution in [-0.4, -0.2) is 52.7 Å². The van der Waals surface area contributed by atoms with Gasteiger partial charge in [-0.05, 0) is 66.2 Å². The van der Waals surface area contributed by atoms with E-state index in [0.29, 0.717) is 5.56 Å². The number of hydrogen-bond acceptors (Lipinski definition) is 10. The zero-order valence-corrected chi connectivity index (χ0v) is 22.9. The highest BCUT2D eigenvalue weighted by atomic mass is 16.8. The molecule has 37 heavy (non-hydrogen) atoms. The third-order valence-corrected chi connectivity index (χ3v) is 5.10. The number of hydrogen-bond donors (Lipinski definition) is 2. The van der Waals surface area contributed by atoms with Crippen molar-refractivity contribution in [3.8, 4) is 11.5 Å². The molecular formula is C26H39NO10. The molecule has 1 aromatic carbocycles. The lowest BCUT2D eigenvalue weighted by Gasteiger charge is -2.32. The minimum absolute atomic E-state index is 0.150. The second kappa shape index (κ2) is 12.8. The van der Waals surface area contributed by atoms with E-state index >= 15 is 0 Å². The fourth-order valence-corrected chi connectivity index (χ4v) is 3.30. The summed E-state index contributed by atoms with van der Waals surface area (Å²) in [5, 5.41) is 9.67. The molecule has 208 valence electrons. The highest BCUT2D eigenvalue weighted by Gasteiger charge is 2.36. The Kier molecular flexibility index (Phi) is 10.9. The van der Waals surface area contributed by atoms with Crippen LogP contribution in [0.25, 0.3) is 0 Å². The molecule has 0 radical (unpaired) electrons. The van der Waals surface area contributed by atoms with Crippen molar-refractivity contribution in [1.29, 1.82) is 0 Å². The minimum Gasteiger partial charge on any atom is -0.480 e. The van der Waals surface area contributed by atoms with Crippen molar-refractivity contribution in [2.75, 3.05) is 0 Å². The second-order valence-corrected chi connectivity index (χ2v) is 10.6. The van der Waals surface area contributed by atoms with Crippen LogP contribution in [-0.2, 0) is 23.8 Å². The summed E-state index contributed by atoms with van der Waals surface area (Å²) in [6.07, 6.45) is -2.65. The predicted octanol–water partition coefficient (Wildman–Crippen LogP) is 4.79. The molecule has 0 bridgehead atoms. The molecule has 0 spiro atoms. The third-order valence-electron chi connectivity index (χ3n) is 5.10. The van der Waals surface area contributed by atoms with Gasteiger partial charge in [-0.3, -0.25) is 9.59 Å². The molecule has 0 aliphatic rings. The minimum atomic E-state index is -1.40. The van der Waals surface area contributed by atoms with Crippen molar-refractivity contribution >= 4 is 24.2 Å². The maximum Gasteiger partial charge on any atom is 0.514 e. The van der Waals surface area contributed by atoms with Crippen LogP contribution in [0.1, 0.15) is 80.2 Å². The van der Waals surface area contributed by atoms with Crippen LogP contribution in [0.4, 0.5) is 9.59 Å². The lowest BCUT2D eigenvalue weighted by atomic mass is 9.79. The maximum absolute atomic E-state index is 12.4. The molecule has 3 unspecified atom stereocenters.